The number of aromatic nitrogens is 8. The van der Waals surface area contributed by atoms with E-state index in [9.17, 15) is 38.4 Å². The number of rotatable bonds is 8. The minimum atomic E-state index is -1.09. The van der Waals surface area contributed by atoms with Crippen molar-refractivity contribution >= 4 is 65.3 Å². The number of hydrogen-bond acceptors (Lipinski definition) is 18. The number of fused-ring (bicyclic) bond motifs is 4. The highest BCUT2D eigenvalue weighted by Crippen LogP contribution is 2.28. The number of ether oxygens (including phenoxy) is 3. The summed E-state index contributed by atoms with van der Waals surface area (Å²) in [6.45, 7) is 19.7. The first-order chi connectivity index (χ1) is 42.3. The Hall–Kier alpha value is -8.81. The number of anilines is 1. The Morgan fingerprint density at radius 1 is 0.473 bits per heavy atom. The Labute approximate surface area is 534 Å². The van der Waals surface area contributed by atoms with Gasteiger partial charge in [-0.1, -0.05) is 17.7 Å². The lowest BCUT2D eigenvalue weighted by Gasteiger charge is -2.30. The van der Waals surface area contributed by atoms with Crippen LogP contribution in [0.4, 0.5) is 24.9 Å². The molecule has 0 unspecified atom stereocenters. The molecule has 0 saturated heterocycles. The van der Waals surface area contributed by atoms with Gasteiger partial charge in [-0.05, 0) is 80.5 Å². The zero-order chi connectivity index (χ0) is 67.8. The third-order valence-electron chi connectivity index (χ3n) is 14.5. The minimum absolute atomic E-state index is 0.0248. The summed E-state index contributed by atoms with van der Waals surface area (Å²) in [4.78, 5) is 104. The van der Waals surface area contributed by atoms with E-state index in [0.29, 0.717) is 105 Å². The number of hydrazine groups is 3. The molecule has 0 atom stereocenters. The fourth-order valence-corrected chi connectivity index (χ4v) is 9.47. The Bertz CT molecular complexity index is 3330. The number of nitrogens with zero attached hydrogens (tertiary/aromatic N) is 14. The number of amides is 8. The molecule has 4 aliphatic rings. The maximum atomic E-state index is 12.6. The third-order valence-corrected chi connectivity index (χ3v) is 14.8. The van der Waals surface area contributed by atoms with Crippen LogP contribution in [-0.4, -0.2) is 250 Å². The molecular formula is C59H88ClN19O12. The van der Waals surface area contributed by atoms with Gasteiger partial charge in [0.25, 0.3) is 17.7 Å². The Morgan fingerprint density at radius 2 is 0.758 bits per heavy atom. The zero-order valence-electron chi connectivity index (χ0n) is 55.4. The highest BCUT2D eigenvalue weighted by atomic mass is 35.5. The van der Waals surface area contributed by atoms with Crippen molar-refractivity contribution in [2.75, 3.05) is 94.9 Å². The van der Waals surface area contributed by atoms with E-state index in [1.54, 1.807) is 138 Å². The second kappa shape index (κ2) is 29.4. The van der Waals surface area contributed by atoms with Crippen LogP contribution in [0.3, 0.4) is 0 Å². The topological polar surface area (TPSA) is 344 Å². The average molecular weight is 1290 g/mol. The number of H-pyrrole nitrogens is 4. The molecule has 8 heterocycles. The predicted octanol–water partition coefficient (Wildman–Crippen LogP) is 6.11. The first-order valence-corrected chi connectivity index (χ1v) is 29.8. The molecule has 0 aliphatic carbocycles. The van der Waals surface area contributed by atoms with Crippen molar-refractivity contribution in [3.8, 4) is 0 Å². The van der Waals surface area contributed by atoms with E-state index >= 15 is 0 Å². The van der Waals surface area contributed by atoms with Crippen LogP contribution < -0.4 is 5.32 Å². The first-order valence-electron chi connectivity index (χ1n) is 29.4. The van der Waals surface area contributed by atoms with Gasteiger partial charge in [0.1, 0.15) is 16.8 Å². The maximum absolute atomic E-state index is 12.6. The average Bonchev–Trinajstić information content (AvgIpc) is 2.17. The molecule has 91 heavy (non-hydrogen) atoms. The summed E-state index contributed by atoms with van der Waals surface area (Å²) < 4.78 is 16.1. The highest BCUT2D eigenvalue weighted by molar-refractivity contribution is 6.30. The summed E-state index contributed by atoms with van der Waals surface area (Å²) in [7, 11) is 15.7. The Morgan fingerprint density at radius 3 is 1.04 bits per heavy atom. The number of aromatic carboxylic acids is 1. The van der Waals surface area contributed by atoms with Crippen molar-refractivity contribution < 1.29 is 57.7 Å². The van der Waals surface area contributed by atoms with Gasteiger partial charge in [0.2, 0.25) is 0 Å². The van der Waals surface area contributed by atoms with E-state index in [2.05, 4.69) is 46.1 Å². The zero-order valence-corrected chi connectivity index (χ0v) is 56.1. The van der Waals surface area contributed by atoms with Crippen LogP contribution in [0.25, 0.3) is 0 Å². The van der Waals surface area contributed by atoms with Crippen molar-refractivity contribution in [3.05, 3.63) is 97.1 Å². The number of benzene rings is 1. The number of aromatic amines is 4. The van der Waals surface area contributed by atoms with Gasteiger partial charge in [0.05, 0.1) is 26.2 Å². The minimum Gasteiger partial charge on any atom is -0.476 e. The summed E-state index contributed by atoms with van der Waals surface area (Å²) in [5.74, 6) is -1.73. The van der Waals surface area contributed by atoms with Crippen LogP contribution in [0.1, 0.15) is 149 Å². The van der Waals surface area contributed by atoms with Crippen LogP contribution in [0.2, 0.25) is 5.02 Å². The molecule has 6 N–H and O–H groups in total. The molecule has 4 aromatic heterocycles. The molecule has 0 bridgehead atoms. The molecule has 0 fully saturated rings. The lowest BCUT2D eigenvalue weighted by molar-refractivity contribution is 0.0209. The van der Waals surface area contributed by atoms with Crippen molar-refractivity contribution in [1.82, 2.24) is 90.4 Å². The fourth-order valence-electron chi connectivity index (χ4n) is 9.28. The Kier molecular flexibility index (Phi) is 23.0. The van der Waals surface area contributed by atoms with Crippen LogP contribution in [0, 0.1) is 0 Å². The number of hydrogen-bond donors (Lipinski definition) is 6. The molecule has 32 heteroatoms. The molecule has 1 aromatic carbocycles. The molecule has 0 radical (unpaired) electrons. The largest absolute Gasteiger partial charge is 0.476 e. The van der Waals surface area contributed by atoms with Gasteiger partial charge in [-0.25, -0.2) is 39.0 Å². The lowest BCUT2D eigenvalue weighted by atomic mass is 10.1. The Balaban J connectivity index is 0.000000194. The van der Waals surface area contributed by atoms with Crippen molar-refractivity contribution in [2.24, 2.45) is 0 Å². The summed E-state index contributed by atoms with van der Waals surface area (Å²) >= 11 is 5.95. The smallest absolute Gasteiger partial charge is 0.410 e. The normalized spacial score (nSPS) is 14.4. The summed E-state index contributed by atoms with van der Waals surface area (Å²) in [6.07, 6.45) is 1.24. The number of carbonyl (C=O) groups excluding carboxylic acids is 7. The van der Waals surface area contributed by atoms with Gasteiger partial charge in [-0.2, -0.15) is 20.4 Å². The molecule has 31 nitrogen and oxygen atoms in total. The molecule has 4 aliphatic heterocycles. The molecule has 498 valence electrons. The van der Waals surface area contributed by atoms with Crippen LogP contribution in [-0.2, 0) is 66.1 Å². The highest BCUT2D eigenvalue weighted by Gasteiger charge is 2.36. The monoisotopic (exact) mass is 1290 g/mol. The number of carboxylic acids is 1. The summed E-state index contributed by atoms with van der Waals surface area (Å²) in [5.41, 5.74) is 6.32. The van der Waals surface area contributed by atoms with E-state index in [1.807, 2.05) is 41.5 Å². The van der Waals surface area contributed by atoms with E-state index in [-0.39, 0.29) is 48.2 Å². The van der Waals surface area contributed by atoms with Gasteiger partial charge in [0.15, 0.2) is 22.8 Å². The SMILES string of the molecule is CC(C)(C)OC(=O)N1CCc2[nH]nc(C(=O)O)c2C1.CN(C)N(C)C(=O)c1n[nH]c2c1CN(C(=O)Nc1cccc(Cl)c1)CC2.CN(C)N(C)C(=O)c1n[nH]c2c1CN(C(=O)OC(C)(C)C)CC2.CN(C)N(C)C(=O)c1n[nH]c2c1CN(C(=O)OC(C)(C)C)CC2. The van der Waals surface area contributed by atoms with Crippen molar-refractivity contribution in [2.45, 2.75) is 131 Å². The van der Waals surface area contributed by atoms with E-state index < -0.39 is 28.9 Å². The molecule has 5 aromatic rings. The quantitative estimate of drug-likeness (QED) is 0.0754. The van der Waals surface area contributed by atoms with Gasteiger partial charge in [0, 0.05) is 171 Å². The number of halogens is 1. The molecule has 8 amide bonds. The van der Waals surface area contributed by atoms with Gasteiger partial charge < -0.3 is 44.2 Å². The predicted molar refractivity (Wildman–Crippen MR) is 334 cm³/mol. The fraction of sp³-hybridized carbons (Fsp3) is 0.559. The van der Waals surface area contributed by atoms with E-state index in [4.69, 9.17) is 30.9 Å². The molecule has 9 rings (SSSR count). The summed E-state index contributed by atoms with van der Waals surface area (Å²) in [6, 6.07) is 6.75. The second-order valence-corrected chi connectivity index (χ2v) is 26.0. The standard InChI is InChI=1S/C17H21ClN6O2.2C15H25N5O3.C12H17N3O4/c1-22(2)23(3)16(25)15-13-10-24(8-7-14(13)20-21-15)17(26)19-12-6-4-5-11(18)9-12;2*1-15(2,3)23-14(22)20-8-7-11-10(9-20)12(17-16-11)13(21)19(6)18(4)5;1-12(2,3)19-11(18)15-5-4-8-7(6-15)9(10(16)17)14-13-8/h4-6,9H,7-8,10H2,1-3H3,(H,19,26)(H,20,21);2*7-9H2,1-6H3,(H,16,17);4-6H2,1-3H3,(H,13,14)(H,16,17). The summed E-state index contributed by atoms with van der Waals surface area (Å²) in [5, 5.41) is 49.6. The first kappa shape index (κ1) is 71.3. The van der Waals surface area contributed by atoms with Crippen molar-refractivity contribution in [3.63, 3.8) is 0 Å². The van der Waals surface area contributed by atoms with Gasteiger partial charge in [-0.15, -0.1) is 0 Å². The van der Waals surface area contributed by atoms with Crippen molar-refractivity contribution in [1.29, 1.82) is 0 Å². The lowest BCUT2D eigenvalue weighted by Crippen LogP contribution is -2.41. The maximum Gasteiger partial charge on any atom is 0.410 e. The van der Waals surface area contributed by atoms with Gasteiger partial charge >= 0.3 is 30.3 Å². The number of urea groups is 1. The number of nitrogens with one attached hydrogen (secondary N) is 5. The van der Waals surface area contributed by atoms with E-state index in [0.717, 1.165) is 39.5 Å². The number of carboxylic acid groups (broad SMARTS) is 1. The molecule has 0 spiro atoms. The van der Waals surface area contributed by atoms with Crippen LogP contribution >= 0.6 is 11.6 Å². The van der Waals surface area contributed by atoms with E-state index in [1.165, 1.54) is 19.9 Å². The third kappa shape index (κ3) is 18.9. The number of carbonyl (C=O) groups is 8. The van der Waals surface area contributed by atoms with Crippen LogP contribution in [0.15, 0.2) is 24.3 Å². The molecular weight excluding hydrogens is 1200 g/mol. The van der Waals surface area contributed by atoms with Gasteiger partial charge in [-0.3, -0.25) is 49.8 Å². The van der Waals surface area contributed by atoms with Crippen LogP contribution in [0.5, 0.6) is 0 Å². The second-order valence-electron chi connectivity index (χ2n) is 25.5. The molecule has 0 saturated carbocycles.